The molecule has 7 heteroatoms. The molecule has 3 aromatic rings. The van der Waals surface area contributed by atoms with Gasteiger partial charge in [-0.15, -0.1) is 0 Å². The van der Waals surface area contributed by atoms with Gasteiger partial charge in [-0.05, 0) is 30.2 Å². The highest BCUT2D eigenvalue weighted by Gasteiger charge is 2.31. The molecule has 0 unspecified atom stereocenters. The molecule has 0 saturated heterocycles. The van der Waals surface area contributed by atoms with E-state index in [0.717, 1.165) is 18.7 Å². The summed E-state index contributed by atoms with van der Waals surface area (Å²) in [6.45, 7) is 1.36. The number of rotatable bonds is 5. The van der Waals surface area contributed by atoms with Crippen molar-refractivity contribution in [2.45, 2.75) is 19.0 Å². The Bertz CT molecular complexity index is 1040. The van der Waals surface area contributed by atoms with E-state index >= 15 is 0 Å². The van der Waals surface area contributed by atoms with E-state index in [4.69, 9.17) is 21.1 Å². The predicted octanol–water partition coefficient (Wildman–Crippen LogP) is 4.99. The van der Waals surface area contributed by atoms with Crippen LogP contribution in [0.5, 0.6) is 11.5 Å². The van der Waals surface area contributed by atoms with Crippen LogP contribution in [0, 0.1) is 0 Å². The number of hydrogen-bond donors (Lipinski definition) is 1. The molecule has 2 amide bonds. The Kier molecular flexibility index (Phi) is 5.86. The normalized spacial score (nSPS) is 15.4. The summed E-state index contributed by atoms with van der Waals surface area (Å²) in [4.78, 5) is 15.2. The number of carbonyl (C=O) groups excluding carboxylic acids is 1. The zero-order valence-electron chi connectivity index (χ0n) is 17.0. The number of halogens is 1. The standard InChI is InChI=1S/C23H24ClN3O3/c1-29-21-15-22(30-2)18(14-17(21)24)25-23(28)27-12-11-26-10-6-9-19(26)20(27)13-16-7-4-3-5-8-16/h3-10,14-15,20H,11-13H2,1-2H3,(H,25,28)/t20-/m0/s1. The van der Waals surface area contributed by atoms with Gasteiger partial charge in [0.15, 0.2) is 0 Å². The number of hydrogen-bond acceptors (Lipinski definition) is 3. The molecule has 0 fully saturated rings. The monoisotopic (exact) mass is 425 g/mol. The Morgan fingerprint density at radius 2 is 1.83 bits per heavy atom. The Balaban J connectivity index is 1.62. The van der Waals surface area contributed by atoms with Gasteiger partial charge in [0.1, 0.15) is 11.5 Å². The summed E-state index contributed by atoms with van der Waals surface area (Å²) < 4.78 is 12.9. The number of fused-ring (bicyclic) bond motifs is 1. The van der Waals surface area contributed by atoms with Gasteiger partial charge in [0.25, 0.3) is 0 Å². The predicted molar refractivity (Wildman–Crippen MR) is 118 cm³/mol. The number of nitrogens with one attached hydrogen (secondary N) is 1. The molecule has 0 aliphatic carbocycles. The highest BCUT2D eigenvalue weighted by atomic mass is 35.5. The van der Waals surface area contributed by atoms with Crippen molar-refractivity contribution in [2.24, 2.45) is 0 Å². The first kappa shape index (κ1) is 20.2. The summed E-state index contributed by atoms with van der Waals surface area (Å²) >= 11 is 6.27. The fraction of sp³-hybridized carbons (Fsp3) is 0.261. The highest BCUT2D eigenvalue weighted by Crippen LogP contribution is 2.37. The third kappa shape index (κ3) is 3.96. The summed E-state index contributed by atoms with van der Waals surface area (Å²) in [5, 5.41) is 3.38. The molecule has 1 aliphatic rings. The SMILES string of the molecule is COc1cc(OC)c(NC(=O)N2CCn3cccc3[C@@H]2Cc2ccccc2)cc1Cl. The summed E-state index contributed by atoms with van der Waals surface area (Å²) in [6.07, 6.45) is 2.80. The lowest BCUT2D eigenvalue weighted by molar-refractivity contribution is 0.167. The Morgan fingerprint density at radius 1 is 1.07 bits per heavy atom. The van der Waals surface area contributed by atoms with Crippen LogP contribution in [0.15, 0.2) is 60.8 Å². The van der Waals surface area contributed by atoms with Gasteiger partial charge >= 0.3 is 6.03 Å². The van der Waals surface area contributed by atoms with Crippen molar-refractivity contribution in [3.8, 4) is 11.5 Å². The van der Waals surface area contributed by atoms with Crippen LogP contribution >= 0.6 is 11.6 Å². The number of aromatic nitrogens is 1. The van der Waals surface area contributed by atoms with E-state index in [1.54, 1.807) is 19.2 Å². The molecule has 0 saturated carbocycles. The average molecular weight is 426 g/mol. The van der Waals surface area contributed by atoms with E-state index in [0.29, 0.717) is 28.8 Å². The maximum absolute atomic E-state index is 13.3. The minimum atomic E-state index is -0.192. The molecule has 0 bridgehead atoms. The van der Waals surface area contributed by atoms with Crippen LogP contribution in [-0.4, -0.2) is 36.3 Å². The first-order valence-corrected chi connectivity index (χ1v) is 10.2. The first-order chi connectivity index (χ1) is 14.6. The summed E-state index contributed by atoms with van der Waals surface area (Å²) in [5.41, 5.74) is 2.81. The van der Waals surface area contributed by atoms with Crippen molar-refractivity contribution < 1.29 is 14.3 Å². The molecule has 30 heavy (non-hydrogen) atoms. The molecule has 1 aromatic heterocycles. The summed E-state index contributed by atoms with van der Waals surface area (Å²) in [6, 6.07) is 17.4. The van der Waals surface area contributed by atoms with Gasteiger partial charge in [0, 0.05) is 31.0 Å². The van der Waals surface area contributed by atoms with E-state index in [-0.39, 0.29) is 12.1 Å². The molecule has 0 spiro atoms. The second-order valence-electron chi connectivity index (χ2n) is 7.14. The van der Waals surface area contributed by atoms with Crippen molar-refractivity contribution in [3.05, 3.63) is 77.1 Å². The van der Waals surface area contributed by atoms with Crippen molar-refractivity contribution in [1.82, 2.24) is 9.47 Å². The van der Waals surface area contributed by atoms with Gasteiger partial charge in [-0.25, -0.2) is 4.79 Å². The van der Waals surface area contributed by atoms with Gasteiger partial charge in [0.05, 0.1) is 31.0 Å². The van der Waals surface area contributed by atoms with Gasteiger partial charge in [-0.3, -0.25) is 0 Å². The number of ether oxygens (including phenoxy) is 2. The number of carbonyl (C=O) groups is 1. The van der Waals surface area contributed by atoms with Crippen LogP contribution < -0.4 is 14.8 Å². The van der Waals surface area contributed by atoms with Crippen LogP contribution in [0.2, 0.25) is 5.02 Å². The number of nitrogens with zero attached hydrogens (tertiary/aromatic N) is 2. The lowest BCUT2D eigenvalue weighted by Crippen LogP contribution is -2.44. The smallest absolute Gasteiger partial charge is 0.322 e. The van der Waals surface area contributed by atoms with Crippen LogP contribution in [-0.2, 0) is 13.0 Å². The molecular formula is C23H24ClN3O3. The topological polar surface area (TPSA) is 55.7 Å². The number of methoxy groups -OCH3 is 2. The zero-order chi connectivity index (χ0) is 21.1. The Hall–Kier alpha value is -3.12. The largest absolute Gasteiger partial charge is 0.495 e. The molecule has 156 valence electrons. The number of amides is 2. The minimum absolute atomic E-state index is 0.0733. The van der Waals surface area contributed by atoms with Gasteiger partial charge in [-0.1, -0.05) is 41.9 Å². The molecular weight excluding hydrogens is 402 g/mol. The number of benzene rings is 2. The lowest BCUT2D eigenvalue weighted by atomic mass is 10.0. The minimum Gasteiger partial charge on any atom is -0.495 e. The number of anilines is 1. The average Bonchev–Trinajstić information content (AvgIpc) is 3.24. The van der Waals surface area contributed by atoms with E-state index in [1.807, 2.05) is 29.2 Å². The fourth-order valence-corrected chi connectivity index (χ4v) is 4.15. The quantitative estimate of drug-likeness (QED) is 0.626. The van der Waals surface area contributed by atoms with Crippen LogP contribution in [0.1, 0.15) is 17.3 Å². The molecule has 1 atom stereocenters. The zero-order valence-corrected chi connectivity index (χ0v) is 17.7. The van der Waals surface area contributed by atoms with E-state index in [1.165, 1.54) is 12.7 Å². The van der Waals surface area contributed by atoms with E-state index in [2.05, 4.69) is 34.3 Å². The van der Waals surface area contributed by atoms with Crippen molar-refractivity contribution in [1.29, 1.82) is 0 Å². The first-order valence-electron chi connectivity index (χ1n) is 9.79. The molecule has 1 N–H and O–H groups in total. The van der Waals surface area contributed by atoms with Crippen LogP contribution in [0.3, 0.4) is 0 Å². The highest BCUT2D eigenvalue weighted by molar-refractivity contribution is 6.32. The lowest BCUT2D eigenvalue weighted by Gasteiger charge is -2.37. The molecule has 2 heterocycles. The molecule has 2 aromatic carbocycles. The van der Waals surface area contributed by atoms with Gasteiger partial charge in [-0.2, -0.15) is 0 Å². The maximum atomic E-state index is 13.3. The molecule has 4 rings (SSSR count). The molecule has 1 aliphatic heterocycles. The van der Waals surface area contributed by atoms with Crippen molar-refractivity contribution in [2.75, 3.05) is 26.1 Å². The van der Waals surface area contributed by atoms with Crippen LogP contribution in [0.25, 0.3) is 0 Å². The third-order valence-electron chi connectivity index (χ3n) is 5.41. The third-order valence-corrected chi connectivity index (χ3v) is 5.71. The van der Waals surface area contributed by atoms with Gasteiger partial charge < -0.3 is 24.3 Å². The van der Waals surface area contributed by atoms with Crippen molar-refractivity contribution >= 4 is 23.3 Å². The second kappa shape index (κ2) is 8.71. The second-order valence-corrected chi connectivity index (χ2v) is 7.55. The van der Waals surface area contributed by atoms with Crippen molar-refractivity contribution in [3.63, 3.8) is 0 Å². The molecule has 0 radical (unpaired) electrons. The van der Waals surface area contributed by atoms with Gasteiger partial charge in [0.2, 0.25) is 0 Å². The summed E-state index contributed by atoms with van der Waals surface area (Å²) in [5.74, 6) is 0.980. The number of urea groups is 1. The van der Waals surface area contributed by atoms with Crippen LogP contribution in [0.4, 0.5) is 10.5 Å². The Labute approximate surface area is 181 Å². The van der Waals surface area contributed by atoms with E-state index < -0.39 is 0 Å². The maximum Gasteiger partial charge on any atom is 0.322 e. The van der Waals surface area contributed by atoms with E-state index in [9.17, 15) is 4.79 Å². The Morgan fingerprint density at radius 3 is 2.57 bits per heavy atom. The molecule has 6 nitrogen and oxygen atoms in total. The summed E-state index contributed by atoms with van der Waals surface area (Å²) in [7, 11) is 3.08. The fourth-order valence-electron chi connectivity index (χ4n) is 3.90.